The van der Waals surface area contributed by atoms with Crippen LogP contribution in [0.15, 0.2) is 0 Å². The molecule has 0 bridgehead atoms. The molecule has 1 aromatic rings. The third kappa shape index (κ3) is 2.59. The first kappa shape index (κ1) is 11.3. The van der Waals surface area contributed by atoms with Gasteiger partial charge in [0, 0.05) is 17.7 Å². The van der Waals surface area contributed by atoms with Crippen molar-refractivity contribution in [3.05, 3.63) is 17.0 Å². The molecule has 0 spiro atoms. The Hall–Kier alpha value is -1.76. The summed E-state index contributed by atoms with van der Waals surface area (Å²) >= 11 is 0. The Bertz CT molecular complexity index is 413. The van der Waals surface area contributed by atoms with Gasteiger partial charge in [-0.25, -0.2) is 0 Å². The second-order valence-electron chi connectivity index (χ2n) is 3.40. The van der Waals surface area contributed by atoms with Crippen LogP contribution in [-0.4, -0.2) is 20.9 Å². The lowest BCUT2D eigenvalue weighted by Gasteiger charge is -2.01. The molecular weight excluding hydrogens is 192 g/mol. The van der Waals surface area contributed by atoms with E-state index in [2.05, 4.69) is 11.0 Å². The zero-order valence-electron chi connectivity index (χ0n) is 8.95. The van der Waals surface area contributed by atoms with Crippen LogP contribution in [0.5, 0.6) is 0 Å². The van der Waals surface area contributed by atoms with Crippen molar-refractivity contribution in [2.45, 2.75) is 33.2 Å². The number of carbonyl (C=O) groups is 1. The molecule has 4 nitrogen and oxygen atoms in total. The molecule has 1 heterocycles. The average Bonchev–Trinajstić information content (AvgIpc) is 2.42. The van der Waals surface area contributed by atoms with E-state index in [9.17, 15) is 4.79 Å². The van der Waals surface area contributed by atoms with Gasteiger partial charge < -0.3 is 5.11 Å². The van der Waals surface area contributed by atoms with Crippen LogP contribution in [0.25, 0.3) is 0 Å². The first-order valence-corrected chi connectivity index (χ1v) is 4.74. The Morgan fingerprint density at radius 2 is 2.27 bits per heavy atom. The topological polar surface area (TPSA) is 55.1 Å². The van der Waals surface area contributed by atoms with Crippen molar-refractivity contribution < 1.29 is 9.90 Å². The van der Waals surface area contributed by atoms with Gasteiger partial charge in [0.15, 0.2) is 0 Å². The maximum atomic E-state index is 10.6. The second-order valence-corrected chi connectivity index (χ2v) is 3.40. The molecule has 1 aromatic heterocycles. The SMILES string of the molecule is C#CCCn1nc(C)c(CC(=O)O)c1C. The molecule has 0 saturated heterocycles. The van der Waals surface area contributed by atoms with Crippen molar-refractivity contribution in [1.82, 2.24) is 9.78 Å². The van der Waals surface area contributed by atoms with Gasteiger partial charge in [0.2, 0.25) is 0 Å². The minimum Gasteiger partial charge on any atom is -0.481 e. The molecule has 0 aliphatic carbocycles. The molecule has 0 fully saturated rings. The van der Waals surface area contributed by atoms with Crippen LogP contribution in [0.1, 0.15) is 23.4 Å². The summed E-state index contributed by atoms with van der Waals surface area (Å²) in [6.07, 6.45) is 5.79. The lowest BCUT2D eigenvalue weighted by atomic mass is 10.1. The van der Waals surface area contributed by atoms with Gasteiger partial charge in [0.05, 0.1) is 18.7 Å². The molecule has 15 heavy (non-hydrogen) atoms. The first-order valence-electron chi connectivity index (χ1n) is 4.74. The Morgan fingerprint density at radius 3 is 2.80 bits per heavy atom. The van der Waals surface area contributed by atoms with Gasteiger partial charge in [-0.05, 0) is 13.8 Å². The third-order valence-corrected chi connectivity index (χ3v) is 2.33. The molecule has 0 saturated carbocycles. The van der Waals surface area contributed by atoms with Gasteiger partial charge in [-0.15, -0.1) is 12.3 Å². The summed E-state index contributed by atoms with van der Waals surface area (Å²) in [5, 5.41) is 13.0. The molecule has 0 atom stereocenters. The van der Waals surface area contributed by atoms with Crippen LogP contribution in [0.2, 0.25) is 0 Å². The molecule has 1 rings (SSSR count). The lowest BCUT2D eigenvalue weighted by Crippen LogP contribution is -2.04. The van der Waals surface area contributed by atoms with Crippen molar-refractivity contribution in [2.24, 2.45) is 0 Å². The number of carboxylic acids is 1. The summed E-state index contributed by atoms with van der Waals surface area (Å²) in [5.41, 5.74) is 2.46. The minimum absolute atomic E-state index is 0.0215. The molecule has 0 aliphatic rings. The number of nitrogens with zero attached hydrogens (tertiary/aromatic N) is 2. The van der Waals surface area contributed by atoms with Gasteiger partial charge in [0.1, 0.15) is 0 Å². The van der Waals surface area contributed by atoms with Crippen LogP contribution < -0.4 is 0 Å². The van der Waals surface area contributed by atoms with Crippen LogP contribution in [0.3, 0.4) is 0 Å². The highest BCUT2D eigenvalue weighted by Gasteiger charge is 2.13. The van der Waals surface area contributed by atoms with E-state index in [4.69, 9.17) is 11.5 Å². The number of hydrogen-bond acceptors (Lipinski definition) is 2. The zero-order chi connectivity index (χ0) is 11.4. The fourth-order valence-corrected chi connectivity index (χ4v) is 1.53. The van der Waals surface area contributed by atoms with E-state index in [1.165, 1.54) is 0 Å². The molecule has 0 amide bonds. The van der Waals surface area contributed by atoms with Crippen molar-refractivity contribution >= 4 is 5.97 Å². The maximum Gasteiger partial charge on any atom is 0.307 e. The molecule has 80 valence electrons. The second kappa shape index (κ2) is 4.65. The largest absolute Gasteiger partial charge is 0.481 e. The molecule has 0 aromatic carbocycles. The Kier molecular flexibility index (Phi) is 3.51. The predicted molar refractivity (Wildman–Crippen MR) is 56.5 cm³/mol. The normalized spacial score (nSPS) is 9.93. The van der Waals surface area contributed by atoms with Crippen LogP contribution in [0.4, 0.5) is 0 Å². The monoisotopic (exact) mass is 206 g/mol. The first-order chi connectivity index (χ1) is 7.06. The number of rotatable bonds is 4. The van der Waals surface area contributed by atoms with E-state index < -0.39 is 5.97 Å². The predicted octanol–water partition coefficient (Wildman–Crippen LogP) is 1.15. The van der Waals surface area contributed by atoms with Gasteiger partial charge in [0.25, 0.3) is 0 Å². The molecule has 0 aliphatic heterocycles. The van der Waals surface area contributed by atoms with E-state index in [-0.39, 0.29) is 6.42 Å². The number of terminal acetylenes is 1. The molecule has 4 heteroatoms. The molecular formula is C11H14N2O2. The van der Waals surface area contributed by atoms with Crippen LogP contribution in [-0.2, 0) is 17.8 Å². The van der Waals surface area contributed by atoms with Gasteiger partial charge in [-0.2, -0.15) is 5.10 Å². The highest BCUT2D eigenvalue weighted by Crippen LogP contribution is 2.13. The van der Waals surface area contributed by atoms with Gasteiger partial charge in [-0.3, -0.25) is 9.48 Å². The van der Waals surface area contributed by atoms with Gasteiger partial charge in [-0.1, -0.05) is 0 Å². The van der Waals surface area contributed by atoms with Crippen LogP contribution >= 0.6 is 0 Å². The highest BCUT2D eigenvalue weighted by molar-refractivity contribution is 5.70. The maximum absolute atomic E-state index is 10.6. The minimum atomic E-state index is -0.835. The van der Waals surface area contributed by atoms with E-state index in [1.807, 2.05) is 13.8 Å². The standard InChI is InChI=1S/C11H14N2O2/c1-4-5-6-13-9(3)10(7-11(14)15)8(2)12-13/h1H,5-7H2,2-3H3,(H,14,15). The van der Waals surface area contributed by atoms with Crippen LogP contribution in [0, 0.1) is 26.2 Å². The van der Waals surface area contributed by atoms with E-state index >= 15 is 0 Å². The highest BCUT2D eigenvalue weighted by atomic mass is 16.4. The van der Waals surface area contributed by atoms with Crippen molar-refractivity contribution in [1.29, 1.82) is 0 Å². The van der Waals surface area contributed by atoms with E-state index in [1.54, 1.807) is 4.68 Å². The quantitative estimate of drug-likeness (QED) is 0.752. The lowest BCUT2D eigenvalue weighted by molar-refractivity contribution is -0.136. The molecule has 1 N–H and O–H groups in total. The molecule has 0 unspecified atom stereocenters. The number of aromatic nitrogens is 2. The van der Waals surface area contributed by atoms with E-state index in [0.717, 1.165) is 17.0 Å². The number of hydrogen-bond donors (Lipinski definition) is 1. The zero-order valence-corrected chi connectivity index (χ0v) is 8.95. The number of aliphatic carboxylic acids is 1. The molecule has 0 radical (unpaired) electrons. The van der Waals surface area contributed by atoms with E-state index in [0.29, 0.717) is 13.0 Å². The summed E-state index contributed by atoms with van der Waals surface area (Å²) in [4.78, 5) is 10.6. The number of carboxylic acid groups (broad SMARTS) is 1. The summed E-state index contributed by atoms with van der Waals surface area (Å²) in [6.45, 7) is 4.33. The third-order valence-electron chi connectivity index (χ3n) is 2.33. The van der Waals surface area contributed by atoms with Crippen molar-refractivity contribution in [3.8, 4) is 12.3 Å². The van der Waals surface area contributed by atoms with Crippen molar-refractivity contribution in [2.75, 3.05) is 0 Å². The Morgan fingerprint density at radius 1 is 1.60 bits per heavy atom. The van der Waals surface area contributed by atoms with Crippen molar-refractivity contribution in [3.63, 3.8) is 0 Å². The Labute approximate surface area is 88.9 Å². The summed E-state index contributed by atoms with van der Waals surface area (Å²) in [7, 11) is 0. The fraction of sp³-hybridized carbons (Fsp3) is 0.455. The van der Waals surface area contributed by atoms with Gasteiger partial charge >= 0.3 is 5.97 Å². The summed E-state index contributed by atoms with van der Waals surface area (Å²) in [6, 6.07) is 0. The average molecular weight is 206 g/mol. The summed E-state index contributed by atoms with van der Waals surface area (Å²) in [5.74, 6) is 1.70. The number of aryl methyl sites for hydroxylation is 2. The fourth-order valence-electron chi connectivity index (χ4n) is 1.53. The Balaban J connectivity index is 2.93. The smallest absolute Gasteiger partial charge is 0.307 e. The summed E-state index contributed by atoms with van der Waals surface area (Å²) < 4.78 is 1.77.